The number of nitrogens with zero attached hydrogens (tertiary/aromatic N) is 2. The van der Waals surface area contributed by atoms with E-state index in [1.165, 1.54) is 12.0 Å². The number of H-pyrrole nitrogens is 2. The van der Waals surface area contributed by atoms with Gasteiger partial charge in [-0.3, -0.25) is 4.57 Å². The summed E-state index contributed by atoms with van der Waals surface area (Å²) in [6.07, 6.45) is 5.69. The van der Waals surface area contributed by atoms with E-state index >= 15 is 0 Å². The second-order valence-electron chi connectivity index (χ2n) is 5.08. The van der Waals surface area contributed by atoms with Gasteiger partial charge in [-0.1, -0.05) is 6.08 Å². The number of hydrogen-bond donors (Lipinski definition) is 2. The van der Waals surface area contributed by atoms with E-state index in [1.807, 2.05) is 12.1 Å². The molecule has 5 nitrogen and oxygen atoms in total. The molecule has 0 spiro atoms. The number of aromatic amines is 2. The van der Waals surface area contributed by atoms with Crippen LogP contribution in [-0.2, 0) is 7.05 Å². The van der Waals surface area contributed by atoms with E-state index in [9.17, 15) is 4.79 Å². The zero-order valence-corrected chi connectivity index (χ0v) is 10.7. The van der Waals surface area contributed by atoms with Crippen molar-refractivity contribution in [2.24, 2.45) is 7.05 Å². The minimum Gasteiger partial charge on any atom is -0.338 e. The summed E-state index contributed by atoms with van der Waals surface area (Å²) in [6.45, 7) is 0. The van der Waals surface area contributed by atoms with Gasteiger partial charge in [0, 0.05) is 7.05 Å². The average molecular weight is 254 g/mol. The summed E-state index contributed by atoms with van der Waals surface area (Å²) in [7, 11) is 1.76. The predicted molar refractivity (Wildman–Crippen MR) is 75.0 cm³/mol. The first-order valence-corrected chi connectivity index (χ1v) is 6.50. The molecule has 4 rings (SSSR count). The Morgan fingerprint density at radius 3 is 2.95 bits per heavy atom. The maximum absolute atomic E-state index is 11.6. The molecule has 1 aromatic carbocycles. The third-order valence-electron chi connectivity index (χ3n) is 3.85. The minimum atomic E-state index is -0.0959. The molecule has 0 unspecified atom stereocenters. The second-order valence-corrected chi connectivity index (χ2v) is 5.08. The lowest BCUT2D eigenvalue weighted by molar-refractivity contribution is 0.892. The van der Waals surface area contributed by atoms with Gasteiger partial charge in [0.25, 0.3) is 0 Å². The molecule has 0 radical (unpaired) electrons. The highest BCUT2D eigenvalue weighted by atomic mass is 16.1. The van der Waals surface area contributed by atoms with Gasteiger partial charge < -0.3 is 9.97 Å². The lowest BCUT2D eigenvalue weighted by Crippen LogP contribution is -2.11. The SMILES string of the molecule is Cn1c(=O)[nH]c2cc3[nH]c(C4=CCCC4)nc3cc21. The van der Waals surface area contributed by atoms with Crippen LogP contribution in [0.3, 0.4) is 0 Å². The Labute approximate surface area is 109 Å². The number of nitrogens with one attached hydrogen (secondary N) is 2. The molecule has 19 heavy (non-hydrogen) atoms. The van der Waals surface area contributed by atoms with Crippen LogP contribution in [0.2, 0.25) is 0 Å². The highest BCUT2D eigenvalue weighted by molar-refractivity contribution is 5.92. The van der Waals surface area contributed by atoms with Gasteiger partial charge in [0.1, 0.15) is 5.82 Å². The number of aromatic nitrogens is 4. The Balaban J connectivity index is 1.98. The topological polar surface area (TPSA) is 66.5 Å². The Hall–Kier alpha value is -2.30. The fraction of sp³-hybridized carbons (Fsp3) is 0.286. The number of imidazole rings is 2. The second kappa shape index (κ2) is 3.60. The molecular formula is C14H14N4O. The van der Waals surface area contributed by atoms with Gasteiger partial charge in [0.15, 0.2) is 0 Å². The zero-order valence-electron chi connectivity index (χ0n) is 10.7. The third kappa shape index (κ3) is 1.47. The maximum Gasteiger partial charge on any atom is 0.326 e. The number of fused-ring (bicyclic) bond motifs is 2. The molecule has 2 heterocycles. The average Bonchev–Trinajstić information content (AvgIpc) is 3.08. The van der Waals surface area contributed by atoms with Gasteiger partial charge in [0.2, 0.25) is 0 Å². The van der Waals surface area contributed by atoms with E-state index < -0.39 is 0 Å². The first kappa shape index (κ1) is 10.6. The van der Waals surface area contributed by atoms with Crippen LogP contribution >= 0.6 is 0 Å². The van der Waals surface area contributed by atoms with Crippen molar-refractivity contribution in [1.82, 2.24) is 19.5 Å². The van der Waals surface area contributed by atoms with Crippen molar-refractivity contribution in [3.05, 3.63) is 34.5 Å². The molecule has 0 atom stereocenters. The summed E-state index contributed by atoms with van der Waals surface area (Å²) in [4.78, 5) is 22.4. The van der Waals surface area contributed by atoms with Gasteiger partial charge in [-0.2, -0.15) is 0 Å². The Morgan fingerprint density at radius 2 is 2.16 bits per heavy atom. The molecule has 1 aliphatic rings. The molecule has 0 aliphatic heterocycles. The van der Waals surface area contributed by atoms with Crippen molar-refractivity contribution in [1.29, 1.82) is 0 Å². The Morgan fingerprint density at radius 1 is 1.26 bits per heavy atom. The van der Waals surface area contributed by atoms with Crippen LogP contribution in [0.15, 0.2) is 23.0 Å². The van der Waals surface area contributed by atoms with Gasteiger partial charge in [-0.05, 0) is 37.0 Å². The number of rotatable bonds is 1. The summed E-state index contributed by atoms with van der Waals surface area (Å²) >= 11 is 0. The van der Waals surface area contributed by atoms with Crippen LogP contribution in [0.1, 0.15) is 25.1 Å². The van der Waals surface area contributed by atoms with E-state index in [0.29, 0.717) is 0 Å². The molecule has 0 fully saturated rings. The maximum atomic E-state index is 11.6. The largest absolute Gasteiger partial charge is 0.338 e. The molecule has 0 amide bonds. The monoisotopic (exact) mass is 254 g/mol. The van der Waals surface area contributed by atoms with Crippen LogP contribution in [0.4, 0.5) is 0 Å². The Bertz CT molecular complexity index is 878. The van der Waals surface area contributed by atoms with E-state index in [1.54, 1.807) is 11.6 Å². The summed E-state index contributed by atoms with van der Waals surface area (Å²) in [5.41, 5.74) is 4.81. The number of aryl methyl sites for hydroxylation is 1. The predicted octanol–water partition coefficient (Wildman–Crippen LogP) is 2.31. The van der Waals surface area contributed by atoms with Gasteiger partial charge in [-0.25, -0.2) is 9.78 Å². The van der Waals surface area contributed by atoms with Gasteiger partial charge in [-0.15, -0.1) is 0 Å². The van der Waals surface area contributed by atoms with Crippen LogP contribution in [0, 0.1) is 0 Å². The molecular weight excluding hydrogens is 240 g/mol. The first-order chi connectivity index (χ1) is 9.22. The van der Waals surface area contributed by atoms with Crippen LogP contribution < -0.4 is 5.69 Å². The number of hydrogen-bond acceptors (Lipinski definition) is 2. The van der Waals surface area contributed by atoms with Gasteiger partial charge in [0.05, 0.1) is 22.1 Å². The molecule has 2 aromatic heterocycles. The van der Waals surface area contributed by atoms with Crippen molar-refractivity contribution in [3.63, 3.8) is 0 Å². The van der Waals surface area contributed by atoms with Crippen molar-refractivity contribution in [2.45, 2.75) is 19.3 Å². The van der Waals surface area contributed by atoms with Crippen molar-refractivity contribution in [3.8, 4) is 0 Å². The summed E-state index contributed by atoms with van der Waals surface area (Å²) in [5.74, 6) is 0.963. The van der Waals surface area contributed by atoms with Crippen molar-refractivity contribution < 1.29 is 0 Å². The smallest absolute Gasteiger partial charge is 0.326 e. The van der Waals surface area contributed by atoms with Crippen LogP contribution in [0.5, 0.6) is 0 Å². The fourth-order valence-corrected chi connectivity index (χ4v) is 2.77. The normalized spacial score (nSPS) is 15.5. The van der Waals surface area contributed by atoms with E-state index in [4.69, 9.17) is 0 Å². The third-order valence-corrected chi connectivity index (χ3v) is 3.85. The van der Waals surface area contributed by atoms with E-state index in [0.717, 1.165) is 40.7 Å². The highest BCUT2D eigenvalue weighted by Gasteiger charge is 2.13. The quantitative estimate of drug-likeness (QED) is 0.699. The van der Waals surface area contributed by atoms with E-state index in [-0.39, 0.29) is 5.69 Å². The molecule has 1 aliphatic carbocycles. The van der Waals surface area contributed by atoms with E-state index in [2.05, 4.69) is 21.0 Å². The first-order valence-electron chi connectivity index (χ1n) is 6.50. The number of benzene rings is 1. The summed E-state index contributed by atoms with van der Waals surface area (Å²) in [6, 6.07) is 3.91. The molecule has 0 bridgehead atoms. The molecule has 2 N–H and O–H groups in total. The molecule has 0 saturated carbocycles. The fourth-order valence-electron chi connectivity index (χ4n) is 2.77. The van der Waals surface area contributed by atoms with Crippen molar-refractivity contribution in [2.75, 3.05) is 0 Å². The summed E-state index contributed by atoms with van der Waals surface area (Å²) in [5, 5.41) is 0. The number of allylic oxidation sites excluding steroid dienone is 2. The molecule has 96 valence electrons. The molecule has 3 aromatic rings. The Kier molecular flexibility index (Phi) is 2.01. The van der Waals surface area contributed by atoms with Crippen LogP contribution in [-0.4, -0.2) is 19.5 Å². The highest BCUT2D eigenvalue weighted by Crippen LogP contribution is 2.28. The van der Waals surface area contributed by atoms with Gasteiger partial charge >= 0.3 is 5.69 Å². The minimum absolute atomic E-state index is 0.0959. The summed E-state index contributed by atoms with van der Waals surface area (Å²) < 4.78 is 1.61. The molecule has 0 saturated heterocycles. The van der Waals surface area contributed by atoms with Crippen LogP contribution in [0.25, 0.3) is 27.6 Å². The lowest BCUT2D eigenvalue weighted by atomic mass is 10.2. The lowest BCUT2D eigenvalue weighted by Gasteiger charge is -1.93. The molecule has 5 heteroatoms. The standard InChI is InChI=1S/C14H14N4O/c1-18-12-7-10-9(6-11(12)17-14(18)19)15-13(16-10)8-4-2-3-5-8/h4,6-7H,2-3,5H2,1H3,(H,15,16)(H,17,19). The zero-order chi connectivity index (χ0) is 13.0. The van der Waals surface area contributed by atoms with Crippen molar-refractivity contribution >= 4 is 27.6 Å².